The quantitative estimate of drug-likeness (QED) is 0.730. The number of nitrogens with zero attached hydrogens (tertiary/aromatic N) is 1. The van der Waals surface area contributed by atoms with Gasteiger partial charge in [0.2, 0.25) is 6.10 Å². The fourth-order valence-electron chi connectivity index (χ4n) is 3.99. The Hall–Kier alpha value is -3.35. The van der Waals surface area contributed by atoms with Crippen LogP contribution < -0.4 is 23.7 Å². The molecule has 31 heavy (non-hydrogen) atoms. The molecule has 2 aromatic carbocycles. The van der Waals surface area contributed by atoms with Crippen molar-refractivity contribution < 1.29 is 28.5 Å². The van der Waals surface area contributed by atoms with Crippen LogP contribution in [-0.4, -0.2) is 57.4 Å². The van der Waals surface area contributed by atoms with Crippen LogP contribution in [0.5, 0.6) is 28.7 Å². The number of hydrogen-bond acceptors (Lipinski definition) is 6. The second-order valence-corrected chi connectivity index (χ2v) is 7.48. The monoisotopic (exact) mass is 425 g/mol. The zero-order chi connectivity index (χ0) is 22.0. The SMILES string of the molecule is COc1cc(OC)c(C2=CCN(C(=O)[C@@H]3Oc4ccccc4O[C@@H]3C)CC2)c(OC)c1. The minimum absolute atomic E-state index is 0.0778. The van der Waals surface area contributed by atoms with Crippen LogP contribution in [0.4, 0.5) is 0 Å². The lowest BCUT2D eigenvalue weighted by Gasteiger charge is -2.35. The number of fused-ring (bicyclic) bond motifs is 1. The summed E-state index contributed by atoms with van der Waals surface area (Å²) in [5, 5.41) is 0. The summed E-state index contributed by atoms with van der Waals surface area (Å²) in [5.41, 5.74) is 1.96. The van der Waals surface area contributed by atoms with E-state index in [1.807, 2.05) is 49.4 Å². The lowest BCUT2D eigenvalue weighted by Crippen LogP contribution is -2.51. The van der Waals surface area contributed by atoms with E-state index in [0.29, 0.717) is 48.3 Å². The topological polar surface area (TPSA) is 66.5 Å². The molecule has 7 nitrogen and oxygen atoms in total. The third-order valence-electron chi connectivity index (χ3n) is 5.64. The largest absolute Gasteiger partial charge is 0.496 e. The van der Waals surface area contributed by atoms with Gasteiger partial charge in [0.25, 0.3) is 5.91 Å². The Labute approximate surface area is 182 Å². The van der Waals surface area contributed by atoms with E-state index in [4.69, 9.17) is 23.7 Å². The summed E-state index contributed by atoms with van der Waals surface area (Å²) in [6.07, 6.45) is 1.67. The van der Waals surface area contributed by atoms with Gasteiger partial charge in [-0.1, -0.05) is 18.2 Å². The molecule has 7 heteroatoms. The van der Waals surface area contributed by atoms with Gasteiger partial charge in [-0.3, -0.25) is 4.79 Å². The van der Waals surface area contributed by atoms with Crippen LogP contribution in [0.2, 0.25) is 0 Å². The highest BCUT2D eigenvalue weighted by Crippen LogP contribution is 2.41. The van der Waals surface area contributed by atoms with Crippen molar-refractivity contribution in [2.75, 3.05) is 34.4 Å². The first-order chi connectivity index (χ1) is 15.0. The molecule has 0 aromatic heterocycles. The number of carbonyl (C=O) groups excluding carboxylic acids is 1. The van der Waals surface area contributed by atoms with E-state index >= 15 is 0 Å². The number of hydrogen-bond donors (Lipinski definition) is 0. The second-order valence-electron chi connectivity index (χ2n) is 7.48. The zero-order valence-electron chi connectivity index (χ0n) is 18.2. The molecule has 0 unspecified atom stereocenters. The minimum atomic E-state index is -0.671. The summed E-state index contributed by atoms with van der Waals surface area (Å²) < 4.78 is 28.4. The van der Waals surface area contributed by atoms with Crippen LogP contribution in [0.25, 0.3) is 5.57 Å². The molecule has 0 bridgehead atoms. The molecule has 2 aromatic rings. The van der Waals surface area contributed by atoms with Crippen molar-refractivity contribution in [3.63, 3.8) is 0 Å². The third-order valence-corrected chi connectivity index (χ3v) is 5.64. The van der Waals surface area contributed by atoms with Gasteiger partial charge in [-0.05, 0) is 31.1 Å². The molecular formula is C24H27NO6. The van der Waals surface area contributed by atoms with Crippen molar-refractivity contribution in [1.29, 1.82) is 0 Å². The van der Waals surface area contributed by atoms with Crippen molar-refractivity contribution in [1.82, 2.24) is 4.90 Å². The van der Waals surface area contributed by atoms with Gasteiger partial charge in [-0.15, -0.1) is 0 Å². The lowest BCUT2D eigenvalue weighted by atomic mass is 9.96. The van der Waals surface area contributed by atoms with Crippen LogP contribution in [0.3, 0.4) is 0 Å². The lowest BCUT2D eigenvalue weighted by molar-refractivity contribution is -0.143. The number of ether oxygens (including phenoxy) is 5. The minimum Gasteiger partial charge on any atom is -0.496 e. The number of amides is 1. The Morgan fingerprint density at radius 2 is 1.65 bits per heavy atom. The van der Waals surface area contributed by atoms with Crippen molar-refractivity contribution in [2.45, 2.75) is 25.6 Å². The molecule has 0 fully saturated rings. The highest BCUT2D eigenvalue weighted by atomic mass is 16.6. The normalized spacial score (nSPS) is 20.0. The van der Waals surface area contributed by atoms with E-state index in [0.717, 1.165) is 11.1 Å². The second kappa shape index (κ2) is 8.79. The fourth-order valence-corrected chi connectivity index (χ4v) is 3.99. The molecule has 0 radical (unpaired) electrons. The Bertz CT molecular complexity index is 976. The van der Waals surface area contributed by atoms with E-state index in [-0.39, 0.29) is 12.0 Å². The number of para-hydroxylation sites is 2. The molecule has 164 valence electrons. The maximum absolute atomic E-state index is 13.2. The van der Waals surface area contributed by atoms with E-state index in [1.54, 1.807) is 26.2 Å². The molecule has 0 saturated heterocycles. The average molecular weight is 425 g/mol. The molecule has 0 saturated carbocycles. The number of benzene rings is 2. The summed E-state index contributed by atoms with van der Waals surface area (Å²) in [6, 6.07) is 11.1. The van der Waals surface area contributed by atoms with Crippen LogP contribution in [-0.2, 0) is 4.79 Å². The fraction of sp³-hybridized carbons (Fsp3) is 0.375. The molecular weight excluding hydrogens is 398 g/mol. The summed E-state index contributed by atoms with van der Waals surface area (Å²) in [4.78, 5) is 15.0. The van der Waals surface area contributed by atoms with Crippen LogP contribution in [0, 0.1) is 0 Å². The molecule has 4 rings (SSSR count). The summed E-state index contributed by atoms with van der Waals surface area (Å²) in [5.74, 6) is 3.20. The Morgan fingerprint density at radius 1 is 1.00 bits per heavy atom. The van der Waals surface area contributed by atoms with Crippen LogP contribution >= 0.6 is 0 Å². The Morgan fingerprint density at radius 3 is 2.19 bits per heavy atom. The van der Waals surface area contributed by atoms with Crippen molar-refractivity contribution in [3.8, 4) is 28.7 Å². The summed E-state index contributed by atoms with van der Waals surface area (Å²) >= 11 is 0. The molecule has 0 aliphatic carbocycles. The van der Waals surface area contributed by atoms with E-state index in [1.165, 1.54) is 0 Å². The van der Waals surface area contributed by atoms with Gasteiger partial charge in [0.05, 0.1) is 26.9 Å². The maximum Gasteiger partial charge on any atom is 0.267 e. The number of carbonyl (C=O) groups is 1. The first-order valence-electron chi connectivity index (χ1n) is 10.3. The molecule has 0 N–H and O–H groups in total. The van der Waals surface area contributed by atoms with Gasteiger partial charge < -0.3 is 28.6 Å². The Balaban J connectivity index is 1.53. The van der Waals surface area contributed by atoms with Crippen molar-refractivity contribution in [3.05, 3.63) is 48.0 Å². The van der Waals surface area contributed by atoms with E-state index in [9.17, 15) is 4.79 Å². The Kier molecular flexibility index (Phi) is 5.93. The average Bonchev–Trinajstić information content (AvgIpc) is 2.82. The summed E-state index contributed by atoms with van der Waals surface area (Å²) in [6.45, 7) is 2.90. The first kappa shape index (κ1) is 20.9. The first-order valence-corrected chi connectivity index (χ1v) is 10.3. The van der Waals surface area contributed by atoms with Crippen molar-refractivity contribution >= 4 is 11.5 Å². The van der Waals surface area contributed by atoms with Gasteiger partial charge >= 0.3 is 0 Å². The number of methoxy groups -OCH3 is 3. The number of rotatable bonds is 5. The van der Waals surface area contributed by atoms with Gasteiger partial charge in [-0.25, -0.2) is 0 Å². The van der Waals surface area contributed by atoms with E-state index < -0.39 is 6.10 Å². The van der Waals surface area contributed by atoms with Gasteiger partial charge in [-0.2, -0.15) is 0 Å². The molecule has 1 amide bonds. The van der Waals surface area contributed by atoms with Gasteiger partial charge in [0.15, 0.2) is 11.5 Å². The molecule has 2 heterocycles. The maximum atomic E-state index is 13.2. The van der Waals surface area contributed by atoms with Crippen LogP contribution in [0.15, 0.2) is 42.5 Å². The zero-order valence-corrected chi connectivity index (χ0v) is 18.2. The highest BCUT2D eigenvalue weighted by Gasteiger charge is 2.37. The smallest absolute Gasteiger partial charge is 0.267 e. The molecule has 2 aliphatic heterocycles. The third kappa shape index (κ3) is 4.00. The molecule has 2 aliphatic rings. The predicted octanol–water partition coefficient (Wildman–Crippen LogP) is 3.56. The standard InChI is InChI=1S/C24H27NO6/c1-15-23(31-19-8-6-5-7-18(19)30-15)24(26)25-11-9-16(10-12-25)22-20(28-3)13-17(27-2)14-21(22)29-4/h5-9,13-15,23H,10-12H2,1-4H3/t15-,23-/m1/s1. The summed E-state index contributed by atoms with van der Waals surface area (Å²) in [7, 11) is 4.85. The van der Waals surface area contributed by atoms with Gasteiger partial charge in [0.1, 0.15) is 23.4 Å². The highest BCUT2D eigenvalue weighted by molar-refractivity contribution is 5.84. The predicted molar refractivity (Wildman–Crippen MR) is 116 cm³/mol. The van der Waals surface area contributed by atoms with Crippen molar-refractivity contribution in [2.24, 2.45) is 0 Å². The van der Waals surface area contributed by atoms with Crippen LogP contribution in [0.1, 0.15) is 18.9 Å². The molecule has 0 spiro atoms. The molecule has 2 atom stereocenters. The van der Waals surface area contributed by atoms with Gasteiger partial charge in [0, 0.05) is 25.2 Å². The van der Waals surface area contributed by atoms with E-state index in [2.05, 4.69) is 0 Å².